The van der Waals surface area contributed by atoms with Gasteiger partial charge in [0.25, 0.3) is 5.91 Å². The standard InChI is InChI=1S/C19H25ClN2O3/c1-2-25-17-9-8-14(12-16(17)20)19(24)21-10-11-22(18(23)13-21)15-6-4-3-5-7-15/h8-9,12,15H,2-7,10-11,13H2,1H3. The van der Waals surface area contributed by atoms with Gasteiger partial charge in [-0.05, 0) is 38.0 Å². The van der Waals surface area contributed by atoms with E-state index in [-0.39, 0.29) is 18.4 Å². The van der Waals surface area contributed by atoms with Gasteiger partial charge >= 0.3 is 0 Å². The van der Waals surface area contributed by atoms with Gasteiger partial charge in [0.1, 0.15) is 12.3 Å². The first-order valence-corrected chi connectivity index (χ1v) is 9.49. The summed E-state index contributed by atoms with van der Waals surface area (Å²) in [5.74, 6) is 0.476. The van der Waals surface area contributed by atoms with Gasteiger partial charge in [0.2, 0.25) is 5.91 Å². The molecule has 0 N–H and O–H groups in total. The largest absolute Gasteiger partial charge is 0.492 e. The molecule has 0 bridgehead atoms. The summed E-state index contributed by atoms with van der Waals surface area (Å²) in [6.45, 7) is 3.75. The van der Waals surface area contributed by atoms with Crippen LogP contribution in [0.15, 0.2) is 18.2 Å². The number of piperazine rings is 1. The van der Waals surface area contributed by atoms with Crippen LogP contribution < -0.4 is 4.74 Å². The Morgan fingerprint density at radius 3 is 2.64 bits per heavy atom. The maximum absolute atomic E-state index is 12.7. The van der Waals surface area contributed by atoms with E-state index in [4.69, 9.17) is 16.3 Å². The molecule has 5 nitrogen and oxygen atoms in total. The lowest BCUT2D eigenvalue weighted by Gasteiger charge is -2.40. The number of amides is 2. The number of halogens is 1. The van der Waals surface area contributed by atoms with E-state index in [0.29, 0.717) is 42.1 Å². The van der Waals surface area contributed by atoms with Crippen molar-refractivity contribution in [2.75, 3.05) is 26.2 Å². The van der Waals surface area contributed by atoms with Crippen LogP contribution >= 0.6 is 11.6 Å². The van der Waals surface area contributed by atoms with E-state index in [9.17, 15) is 9.59 Å². The second-order valence-electron chi connectivity index (χ2n) is 6.68. The van der Waals surface area contributed by atoms with E-state index in [1.807, 2.05) is 11.8 Å². The van der Waals surface area contributed by atoms with Crippen molar-refractivity contribution in [2.45, 2.75) is 45.1 Å². The van der Waals surface area contributed by atoms with E-state index in [2.05, 4.69) is 0 Å². The van der Waals surface area contributed by atoms with Crippen molar-refractivity contribution in [1.82, 2.24) is 9.80 Å². The Morgan fingerprint density at radius 1 is 1.24 bits per heavy atom. The molecule has 1 aromatic carbocycles. The first-order chi connectivity index (χ1) is 12.1. The van der Waals surface area contributed by atoms with E-state index >= 15 is 0 Å². The first kappa shape index (κ1) is 18.1. The van der Waals surface area contributed by atoms with Gasteiger partial charge in [-0.25, -0.2) is 0 Å². The summed E-state index contributed by atoms with van der Waals surface area (Å²) in [6.07, 6.45) is 5.84. The number of carbonyl (C=O) groups excluding carboxylic acids is 2. The van der Waals surface area contributed by atoms with Crippen LogP contribution in [0.5, 0.6) is 5.75 Å². The molecule has 3 rings (SSSR count). The van der Waals surface area contributed by atoms with Gasteiger partial charge in [0.15, 0.2) is 0 Å². The van der Waals surface area contributed by atoms with Crippen LogP contribution in [-0.2, 0) is 4.79 Å². The van der Waals surface area contributed by atoms with Crippen molar-refractivity contribution < 1.29 is 14.3 Å². The molecular formula is C19H25ClN2O3. The third-order valence-electron chi connectivity index (χ3n) is 5.04. The molecule has 0 atom stereocenters. The van der Waals surface area contributed by atoms with Crippen LogP contribution in [0.2, 0.25) is 5.02 Å². The summed E-state index contributed by atoms with van der Waals surface area (Å²) in [5.41, 5.74) is 0.493. The Labute approximate surface area is 153 Å². The second kappa shape index (κ2) is 8.09. The van der Waals surface area contributed by atoms with Crippen LogP contribution in [-0.4, -0.2) is 53.9 Å². The Kier molecular flexibility index (Phi) is 5.84. The maximum atomic E-state index is 12.7. The Bertz CT molecular complexity index is 644. The lowest BCUT2D eigenvalue weighted by atomic mass is 9.93. The molecule has 2 amide bonds. The number of benzene rings is 1. The molecule has 1 saturated heterocycles. The fourth-order valence-corrected chi connectivity index (χ4v) is 3.96. The summed E-state index contributed by atoms with van der Waals surface area (Å²) in [7, 11) is 0. The monoisotopic (exact) mass is 364 g/mol. The number of hydrogen-bond donors (Lipinski definition) is 0. The van der Waals surface area contributed by atoms with Crippen molar-refractivity contribution in [2.24, 2.45) is 0 Å². The van der Waals surface area contributed by atoms with Crippen molar-refractivity contribution in [3.63, 3.8) is 0 Å². The number of hydrogen-bond acceptors (Lipinski definition) is 3. The van der Waals surface area contributed by atoms with Gasteiger partial charge in [-0.2, -0.15) is 0 Å². The molecule has 136 valence electrons. The number of ether oxygens (including phenoxy) is 1. The molecule has 0 unspecified atom stereocenters. The molecular weight excluding hydrogens is 340 g/mol. The van der Waals surface area contributed by atoms with E-state index in [1.54, 1.807) is 23.1 Å². The molecule has 2 aliphatic rings. The van der Waals surface area contributed by atoms with Crippen LogP contribution in [0.1, 0.15) is 49.4 Å². The molecule has 25 heavy (non-hydrogen) atoms. The molecule has 6 heteroatoms. The van der Waals surface area contributed by atoms with Crippen molar-refractivity contribution >= 4 is 23.4 Å². The Morgan fingerprint density at radius 2 is 2.00 bits per heavy atom. The molecule has 1 aliphatic heterocycles. The zero-order valence-corrected chi connectivity index (χ0v) is 15.4. The minimum atomic E-state index is -0.151. The molecule has 0 radical (unpaired) electrons. The number of nitrogens with zero attached hydrogens (tertiary/aromatic N) is 2. The van der Waals surface area contributed by atoms with Crippen molar-refractivity contribution in [3.8, 4) is 5.75 Å². The Balaban J connectivity index is 1.64. The molecule has 1 aliphatic carbocycles. The molecule has 1 heterocycles. The lowest BCUT2D eigenvalue weighted by molar-refractivity contribution is -0.138. The van der Waals surface area contributed by atoms with Crippen LogP contribution in [0.3, 0.4) is 0 Å². The van der Waals surface area contributed by atoms with Crippen molar-refractivity contribution in [1.29, 1.82) is 0 Å². The van der Waals surface area contributed by atoms with E-state index in [1.165, 1.54) is 19.3 Å². The maximum Gasteiger partial charge on any atom is 0.254 e. The van der Waals surface area contributed by atoms with Crippen LogP contribution in [0.25, 0.3) is 0 Å². The van der Waals surface area contributed by atoms with Crippen LogP contribution in [0, 0.1) is 0 Å². The minimum Gasteiger partial charge on any atom is -0.492 e. The average molecular weight is 365 g/mol. The highest BCUT2D eigenvalue weighted by atomic mass is 35.5. The summed E-state index contributed by atoms with van der Waals surface area (Å²) < 4.78 is 5.40. The summed E-state index contributed by atoms with van der Waals surface area (Å²) in [4.78, 5) is 28.8. The topological polar surface area (TPSA) is 49.9 Å². The SMILES string of the molecule is CCOc1ccc(C(=O)N2CCN(C3CCCCC3)C(=O)C2)cc1Cl. The van der Waals surface area contributed by atoms with Crippen molar-refractivity contribution in [3.05, 3.63) is 28.8 Å². The number of rotatable bonds is 4. The fraction of sp³-hybridized carbons (Fsp3) is 0.579. The van der Waals surface area contributed by atoms with Gasteiger partial charge in [-0.3, -0.25) is 9.59 Å². The highest BCUT2D eigenvalue weighted by Crippen LogP contribution is 2.27. The molecule has 2 fully saturated rings. The third-order valence-corrected chi connectivity index (χ3v) is 5.33. The molecule has 0 aromatic heterocycles. The minimum absolute atomic E-state index is 0.0588. The smallest absolute Gasteiger partial charge is 0.254 e. The van der Waals surface area contributed by atoms with Gasteiger partial charge in [0, 0.05) is 24.7 Å². The van der Waals surface area contributed by atoms with Crippen LogP contribution in [0.4, 0.5) is 0 Å². The van der Waals surface area contributed by atoms with Gasteiger partial charge < -0.3 is 14.5 Å². The average Bonchev–Trinajstić information content (AvgIpc) is 2.63. The molecule has 0 spiro atoms. The van der Waals surface area contributed by atoms with E-state index < -0.39 is 0 Å². The quantitative estimate of drug-likeness (QED) is 0.823. The zero-order chi connectivity index (χ0) is 17.8. The van der Waals surface area contributed by atoms with Gasteiger partial charge in [0.05, 0.1) is 11.6 Å². The first-order valence-electron chi connectivity index (χ1n) is 9.11. The predicted molar refractivity (Wildman–Crippen MR) is 97.1 cm³/mol. The van der Waals surface area contributed by atoms with Gasteiger partial charge in [-0.1, -0.05) is 30.9 Å². The summed E-state index contributed by atoms with van der Waals surface area (Å²) in [5, 5.41) is 0.417. The lowest BCUT2D eigenvalue weighted by Crippen LogP contribution is -2.55. The summed E-state index contributed by atoms with van der Waals surface area (Å²) in [6, 6.07) is 5.39. The third kappa shape index (κ3) is 4.09. The predicted octanol–water partition coefficient (Wildman–Crippen LogP) is 3.36. The van der Waals surface area contributed by atoms with E-state index in [0.717, 1.165) is 12.8 Å². The normalized spacial score (nSPS) is 19.2. The summed E-state index contributed by atoms with van der Waals surface area (Å²) >= 11 is 6.17. The second-order valence-corrected chi connectivity index (χ2v) is 7.09. The fourth-order valence-electron chi connectivity index (χ4n) is 3.73. The highest BCUT2D eigenvalue weighted by Gasteiger charge is 2.32. The Hall–Kier alpha value is -1.75. The zero-order valence-electron chi connectivity index (χ0n) is 14.7. The number of carbonyl (C=O) groups is 2. The van der Waals surface area contributed by atoms with Gasteiger partial charge in [-0.15, -0.1) is 0 Å². The highest BCUT2D eigenvalue weighted by molar-refractivity contribution is 6.32. The molecule has 1 saturated carbocycles. The molecule has 1 aromatic rings.